The predicted molar refractivity (Wildman–Crippen MR) is 100 cm³/mol. The van der Waals surface area contributed by atoms with Crippen LogP contribution in [-0.2, 0) is 0 Å². The van der Waals surface area contributed by atoms with Crippen molar-refractivity contribution in [3.8, 4) is 0 Å². The molecule has 0 saturated carbocycles. The van der Waals surface area contributed by atoms with Gasteiger partial charge >= 0.3 is 0 Å². The normalized spacial score (nSPS) is 10.4. The van der Waals surface area contributed by atoms with Gasteiger partial charge in [-0.3, -0.25) is 10.1 Å². The zero-order chi connectivity index (χ0) is 17.5. The highest BCUT2D eigenvalue weighted by atomic mass is 16.6. The molecule has 2 aromatic carbocycles. The van der Waals surface area contributed by atoms with Crippen molar-refractivity contribution in [3.05, 3.63) is 76.4 Å². The first-order valence-corrected chi connectivity index (χ1v) is 8.36. The van der Waals surface area contributed by atoms with Crippen LogP contribution in [0.5, 0.6) is 0 Å². The number of anilines is 1. The Bertz CT molecular complexity index is 685. The lowest BCUT2D eigenvalue weighted by Gasteiger charge is -2.24. The zero-order valence-electron chi connectivity index (χ0n) is 14.4. The largest absolute Gasteiger partial charge is 0.372 e. The summed E-state index contributed by atoms with van der Waals surface area (Å²) in [5.74, 6) is 0. The topological polar surface area (TPSA) is 46.4 Å². The number of hydrogen-bond acceptors (Lipinski definition) is 3. The maximum absolute atomic E-state index is 10.7. The lowest BCUT2D eigenvalue weighted by molar-refractivity contribution is -0.384. The van der Waals surface area contributed by atoms with Crippen LogP contribution in [0, 0.1) is 10.1 Å². The predicted octanol–water partition coefficient (Wildman–Crippen LogP) is 5.28. The lowest BCUT2D eigenvalue weighted by atomic mass is 9.99. The van der Waals surface area contributed by atoms with Crippen LogP contribution in [0.3, 0.4) is 0 Å². The minimum absolute atomic E-state index is 0.0941. The van der Waals surface area contributed by atoms with E-state index in [0.717, 1.165) is 42.6 Å². The van der Waals surface area contributed by atoms with Crippen LogP contribution in [0.4, 0.5) is 11.4 Å². The fraction of sp³-hybridized carbons (Fsp3) is 0.300. The highest BCUT2D eigenvalue weighted by Crippen LogP contribution is 2.26. The summed E-state index contributed by atoms with van der Waals surface area (Å²) in [6, 6.07) is 14.9. The molecule has 0 heterocycles. The third-order valence-corrected chi connectivity index (χ3v) is 3.99. The van der Waals surface area contributed by atoms with Crippen molar-refractivity contribution in [1.29, 1.82) is 0 Å². The molecule has 126 valence electrons. The molecular weight excluding hydrogens is 300 g/mol. The smallest absolute Gasteiger partial charge is 0.269 e. The van der Waals surface area contributed by atoms with Gasteiger partial charge in [0.25, 0.3) is 5.69 Å². The van der Waals surface area contributed by atoms with E-state index in [9.17, 15) is 10.1 Å². The van der Waals surface area contributed by atoms with E-state index in [1.54, 1.807) is 12.1 Å². The van der Waals surface area contributed by atoms with Crippen molar-refractivity contribution in [2.45, 2.75) is 26.7 Å². The number of non-ortho nitro benzene ring substituents is 1. The maximum atomic E-state index is 10.7. The Hall–Kier alpha value is -2.62. The van der Waals surface area contributed by atoms with E-state index in [1.165, 1.54) is 17.8 Å². The monoisotopic (exact) mass is 324 g/mol. The number of benzene rings is 2. The molecule has 2 rings (SSSR count). The first kappa shape index (κ1) is 17.7. The van der Waals surface area contributed by atoms with Crippen LogP contribution in [0.1, 0.15) is 37.8 Å². The molecule has 0 saturated heterocycles. The Morgan fingerprint density at radius 3 is 1.83 bits per heavy atom. The number of hydrogen-bond donors (Lipinski definition) is 0. The summed E-state index contributed by atoms with van der Waals surface area (Å²) in [5.41, 5.74) is 4.11. The third kappa shape index (κ3) is 4.22. The molecule has 0 atom stereocenters. The minimum Gasteiger partial charge on any atom is -0.372 e. The van der Waals surface area contributed by atoms with E-state index in [4.69, 9.17) is 0 Å². The Labute approximate surface area is 143 Å². The van der Waals surface area contributed by atoms with Gasteiger partial charge in [-0.15, -0.1) is 0 Å². The van der Waals surface area contributed by atoms with Gasteiger partial charge in [0.05, 0.1) is 4.92 Å². The van der Waals surface area contributed by atoms with Crippen LogP contribution in [0.2, 0.25) is 0 Å². The van der Waals surface area contributed by atoms with Gasteiger partial charge in [-0.2, -0.15) is 0 Å². The summed E-state index contributed by atoms with van der Waals surface area (Å²) >= 11 is 0. The van der Waals surface area contributed by atoms with Crippen molar-refractivity contribution in [1.82, 2.24) is 0 Å². The van der Waals surface area contributed by atoms with Gasteiger partial charge in [0.15, 0.2) is 0 Å². The van der Waals surface area contributed by atoms with E-state index in [1.807, 2.05) is 0 Å². The average Bonchev–Trinajstić information content (AvgIpc) is 2.61. The number of nitro groups is 1. The number of rotatable bonds is 8. The molecule has 0 N–H and O–H groups in total. The van der Waals surface area contributed by atoms with Crippen molar-refractivity contribution in [2.24, 2.45) is 0 Å². The fourth-order valence-corrected chi connectivity index (χ4v) is 2.73. The zero-order valence-corrected chi connectivity index (χ0v) is 14.4. The SMILES string of the molecule is C=C(c1ccc(N(CCC)CCC)cc1)c1ccc([N+](=O)[O-])cc1. The molecule has 0 aliphatic carbocycles. The third-order valence-electron chi connectivity index (χ3n) is 3.99. The molecule has 0 unspecified atom stereocenters. The highest BCUT2D eigenvalue weighted by molar-refractivity contribution is 5.79. The molecule has 0 spiro atoms. The van der Waals surface area contributed by atoms with Gasteiger partial charge < -0.3 is 4.90 Å². The summed E-state index contributed by atoms with van der Waals surface area (Å²) < 4.78 is 0. The molecule has 0 fully saturated rings. The van der Waals surface area contributed by atoms with E-state index in [2.05, 4.69) is 49.6 Å². The van der Waals surface area contributed by atoms with Gasteiger partial charge in [0, 0.05) is 30.9 Å². The summed E-state index contributed by atoms with van der Waals surface area (Å²) in [6.45, 7) is 10.6. The fourth-order valence-electron chi connectivity index (χ4n) is 2.73. The second kappa shape index (κ2) is 8.29. The van der Waals surface area contributed by atoms with E-state index in [-0.39, 0.29) is 5.69 Å². The van der Waals surface area contributed by atoms with E-state index < -0.39 is 4.92 Å². The molecule has 24 heavy (non-hydrogen) atoms. The molecule has 0 radical (unpaired) electrons. The van der Waals surface area contributed by atoms with Gasteiger partial charge in [-0.05, 0) is 53.8 Å². The van der Waals surface area contributed by atoms with Crippen LogP contribution < -0.4 is 4.90 Å². The maximum Gasteiger partial charge on any atom is 0.269 e. The Morgan fingerprint density at radius 2 is 1.42 bits per heavy atom. The molecule has 0 aromatic heterocycles. The van der Waals surface area contributed by atoms with Crippen LogP contribution in [-0.4, -0.2) is 18.0 Å². The van der Waals surface area contributed by atoms with E-state index >= 15 is 0 Å². The van der Waals surface area contributed by atoms with Crippen molar-refractivity contribution in [3.63, 3.8) is 0 Å². The quantitative estimate of drug-likeness (QED) is 0.490. The molecule has 4 nitrogen and oxygen atoms in total. The standard InChI is InChI=1S/C20H24N2O2/c1-4-14-21(15-5-2)19-10-6-17(7-11-19)16(3)18-8-12-20(13-9-18)22(23)24/h6-13H,3-5,14-15H2,1-2H3. The van der Waals surface area contributed by atoms with Gasteiger partial charge in [-0.25, -0.2) is 0 Å². The number of nitro benzene ring substituents is 1. The average molecular weight is 324 g/mol. The highest BCUT2D eigenvalue weighted by Gasteiger charge is 2.09. The van der Waals surface area contributed by atoms with Crippen LogP contribution in [0.25, 0.3) is 5.57 Å². The molecule has 0 amide bonds. The van der Waals surface area contributed by atoms with Crippen molar-refractivity contribution < 1.29 is 4.92 Å². The Balaban J connectivity index is 2.17. The summed E-state index contributed by atoms with van der Waals surface area (Å²) in [4.78, 5) is 12.7. The lowest BCUT2D eigenvalue weighted by Crippen LogP contribution is -2.24. The van der Waals surface area contributed by atoms with E-state index in [0.29, 0.717) is 0 Å². The van der Waals surface area contributed by atoms with Crippen LogP contribution >= 0.6 is 0 Å². The molecular formula is C20H24N2O2. The Kier molecular flexibility index (Phi) is 6.13. The van der Waals surface area contributed by atoms with Crippen molar-refractivity contribution >= 4 is 16.9 Å². The van der Waals surface area contributed by atoms with Gasteiger partial charge in [0.2, 0.25) is 0 Å². The second-order valence-corrected chi connectivity index (χ2v) is 5.82. The van der Waals surface area contributed by atoms with Gasteiger partial charge in [-0.1, -0.05) is 32.6 Å². The molecule has 2 aromatic rings. The van der Waals surface area contributed by atoms with Crippen LogP contribution in [0.15, 0.2) is 55.1 Å². The first-order chi connectivity index (χ1) is 11.6. The number of nitrogens with zero attached hydrogens (tertiary/aromatic N) is 2. The second-order valence-electron chi connectivity index (χ2n) is 5.82. The first-order valence-electron chi connectivity index (χ1n) is 8.36. The summed E-state index contributed by atoms with van der Waals surface area (Å²) in [6.07, 6.45) is 2.24. The minimum atomic E-state index is -0.391. The molecule has 0 bridgehead atoms. The molecule has 4 heteroatoms. The van der Waals surface area contributed by atoms with Gasteiger partial charge in [0.1, 0.15) is 0 Å². The molecule has 0 aliphatic heterocycles. The summed E-state index contributed by atoms with van der Waals surface area (Å²) in [7, 11) is 0. The summed E-state index contributed by atoms with van der Waals surface area (Å²) in [5, 5.41) is 10.7. The molecule has 0 aliphatic rings. The Morgan fingerprint density at radius 1 is 0.958 bits per heavy atom. The van der Waals surface area contributed by atoms with Crippen molar-refractivity contribution in [2.75, 3.05) is 18.0 Å².